The molecule has 1 aromatic carbocycles. The molecule has 0 atom stereocenters. The summed E-state index contributed by atoms with van der Waals surface area (Å²) in [7, 11) is 0. The number of hydrogen-bond donors (Lipinski definition) is 3. The van der Waals surface area contributed by atoms with Gasteiger partial charge in [-0.2, -0.15) is 0 Å². The Morgan fingerprint density at radius 2 is 2.16 bits per heavy atom. The highest BCUT2D eigenvalue weighted by molar-refractivity contribution is 6.33. The molecule has 0 aromatic heterocycles. The van der Waals surface area contributed by atoms with Crippen molar-refractivity contribution in [3.63, 3.8) is 0 Å². The number of nitrogens with one attached hydrogen (secondary N) is 3. The molecule has 2 heterocycles. The fourth-order valence-electron chi connectivity index (χ4n) is 2.51. The second kappa shape index (κ2) is 7.47. The molecule has 2 aliphatic heterocycles. The van der Waals surface area contributed by atoms with Crippen LogP contribution in [0.4, 0.5) is 21.0 Å². The van der Waals surface area contributed by atoms with E-state index in [1.165, 1.54) is 11.0 Å². The van der Waals surface area contributed by atoms with Crippen LogP contribution >= 0.6 is 11.6 Å². The number of hydrogen-bond acceptors (Lipinski definition) is 5. The van der Waals surface area contributed by atoms with Crippen molar-refractivity contribution < 1.29 is 23.9 Å². The number of rotatable bonds is 4. The Balaban J connectivity index is 1.52. The molecule has 1 aromatic rings. The minimum Gasteiger partial charge on any atom is -0.480 e. The van der Waals surface area contributed by atoms with Crippen molar-refractivity contribution in [2.75, 3.05) is 43.5 Å². The van der Waals surface area contributed by atoms with E-state index in [4.69, 9.17) is 21.1 Å². The molecule has 3 N–H and O–H groups in total. The third-order valence-corrected chi connectivity index (χ3v) is 3.93. The van der Waals surface area contributed by atoms with Crippen LogP contribution in [0.3, 0.4) is 0 Å². The molecule has 4 amide bonds. The first kappa shape index (κ1) is 17.2. The van der Waals surface area contributed by atoms with Gasteiger partial charge >= 0.3 is 12.1 Å². The summed E-state index contributed by atoms with van der Waals surface area (Å²) in [5.74, 6) is 0.0782. The van der Waals surface area contributed by atoms with Gasteiger partial charge in [-0.05, 0) is 18.6 Å². The van der Waals surface area contributed by atoms with Gasteiger partial charge in [-0.1, -0.05) is 11.6 Å². The predicted molar refractivity (Wildman–Crippen MR) is 90.1 cm³/mol. The maximum atomic E-state index is 12.0. The summed E-state index contributed by atoms with van der Waals surface area (Å²) in [4.78, 5) is 36.3. The molecule has 25 heavy (non-hydrogen) atoms. The SMILES string of the molecule is O=C1COc2c(Cl)cc(NC(=O)NCCN3CCCOC3=O)cc2N1. The van der Waals surface area contributed by atoms with Crippen LogP contribution in [0.1, 0.15) is 6.42 Å². The smallest absolute Gasteiger partial charge is 0.409 e. The molecule has 9 nitrogen and oxygen atoms in total. The first-order valence-electron chi connectivity index (χ1n) is 7.75. The van der Waals surface area contributed by atoms with Gasteiger partial charge < -0.3 is 30.3 Å². The monoisotopic (exact) mass is 368 g/mol. The number of carbonyl (C=O) groups is 3. The van der Waals surface area contributed by atoms with Crippen LogP contribution in [-0.2, 0) is 9.53 Å². The quantitative estimate of drug-likeness (QED) is 0.748. The second-order valence-electron chi connectivity index (χ2n) is 5.51. The van der Waals surface area contributed by atoms with Gasteiger partial charge in [-0.15, -0.1) is 0 Å². The van der Waals surface area contributed by atoms with Crippen LogP contribution in [0.2, 0.25) is 5.02 Å². The summed E-state index contributed by atoms with van der Waals surface area (Å²) in [5.41, 5.74) is 0.805. The van der Waals surface area contributed by atoms with Gasteiger partial charge in [0.1, 0.15) is 0 Å². The van der Waals surface area contributed by atoms with Crippen molar-refractivity contribution in [1.29, 1.82) is 0 Å². The lowest BCUT2D eigenvalue weighted by Crippen LogP contribution is -2.43. The number of amides is 4. The van der Waals surface area contributed by atoms with Crippen molar-refractivity contribution in [3.8, 4) is 5.75 Å². The number of cyclic esters (lactones) is 1. The Hall–Kier alpha value is -2.68. The number of anilines is 2. The van der Waals surface area contributed by atoms with Crippen molar-refractivity contribution >= 4 is 41.0 Å². The van der Waals surface area contributed by atoms with Crippen molar-refractivity contribution in [2.24, 2.45) is 0 Å². The maximum Gasteiger partial charge on any atom is 0.409 e. The summed E-state index contributed by atoms with van der Waals surface area (Å²) in [6, 6.07) is 2.63. The number of halogens is 1. The van der Waals surface area contributed by atoms with E-state index < -0.39 is 6.03 Å². The van der Waals surface area contributed by atoms with Gasteiger partial charge in [-0.3, -0.25) is 4.79 Å². The van der Waals surface area contributed by atoms with E-state index in [0.29, 0.717) is 36.8 Å². The lowest BCUT2D eigenvalue weighted by Gasteiger charge is -2.26. The largest absolute Gasteiger partial charge is 0.480 e. The first-order chi connectivity index (χ1) is 12.0. The average molecular weight is 369 g/mol. The van der Waals surface area contributed by atoms with E-state index in [1.54, 1.807) is 6.07 Å². The molecule has 10 heteroatoms. The van der Waals surface area contributed by atoms with Gasteiger partial charge in [0.25, 0.3) is 5.91 Å². The minimum atomic E-state index is -0.454. The Morgan fingerprint density at radius 3 is 2.96 bits per heavy atom. The number of ether oxygens (including phenoxy) is 2. The zero-order chi connectivity index (χ0) is 17.8. The normalized spacial score (nSPS) is 16.3. The molecule has 134 valence electrons. The molecule has 1 fully saturated rings. The highest BCUT2D eigenvalue weighted by atomic mass is 35.5. The zero-order valence-corrected chi connectivity index (χ0v) is 14.0. The fraction of sp³-hybridized carbons (Fsp3) is 0.400. The predicted octanol–water partition coefficient (Wildman–Crippen LogP) is 1.63. The Bertz CT molecular complexity index is 711. The number of nitrogens with zero attached hydrogens (tertiary/aromatic N) is 1. The first-order valence-corrected chi connectivity index (χ1v) is 8.13. The molecule has 0 bridgehead atoms. The molecule has 0 saturated carbocycles. The topological polar surface area (TPSA) is 109 Å². The second-order valence-corrected chi connectivity index (χ2v) is 5.91. The number of carbonyl (C=O) groups excluding carboxylic acids is 3. The van der Waals surface area contributed by atoms with E-state index in [1.807, 2.05) is 0 Å². The van der Waals surface area contributed by atoms with Crippen LogP contribution in [0, 0.1) is 0 Å². The molecule has 1 saturated heterocycles. The molecule has 0 spiro atoms. The number of benzene rings is 1. The third-order valence-electron chi connectivity index (χ3n) is 3.65. The van der Waals surface area contributed by atoms with Gasteiger partial charge in [0.05, 0.1) is 17.3 Å². The molecular weight excluding hydrogens is 352 g/mol. The van der Waals surface area contributed by atoms with Gasteiger partial charge in [0.15, 0.2) is 12.4 Å². The van der Waals surface area contributed by atoms with Crippen molar-refractivity contribution in [1.82, 2.24) is 10.2 Å². The third kappa shape index (κ3) is 4.24. The van der Waals surface area contributed by atoms with Crippen LogP contribution in [-0.4, -0.2) is 55.8 Å². The van der Waals surface area contributed by atoms with Gasteiger partial charge in [0, 0.05) is 25.3 Å². The van der Waals surface area contributed by atoms with Crippen molar-refractivity contribution in [3.05, 3.63) is 17.2 Å². The lowest BCUT2D eigenvalue weighted by molar-refractivity contribution is -0.118. The standard InChI is InChI=1S/C15H17ClN4O5/c16-10-6-9(7-11-13(10)25-8-12(21)19-11)18-14(22)17-2-4-20-3-1-5-24-15(20)23/h6-7H,1-5,8H2,(H,19,21)(H2,17,18,22). The molecule has 0 aliphatic carbocycles. The van der Waals surface area contributed by atoms with E-state index >= 15 is 0 Å². The lowest BCUT2D eigenvalue weighted by atomic mass is 10.2. The van der Waals surface area contributed by atoms with Gasteiger partial charge in [0.2, 0.25) is 0 Å². The number of urea groups is 1. The highest BCUT2D eigenvalue weighted by Gasteiger charge is 2.21. The minimum absolute atomic E-state index is 0.0983. The van der Waals surface area contributed by atoms with E-state index in [-0.39, 0.29) is 30.2 Å². The zero-order valence-electron chi connectivity index (χ0n) is 13.3. The molecular formula is C15H17ClN4O5. The van der Waals surface area contributed by atoms with Crippen molar-refractivity contribution in [2.45, 2.75) is 6.42 Å². The summed E-state index contributed by atoms with van der Waals surface area (Å²) >= 11 is 6.09. The summed E-state index contributed by atoms with van der Waals surface area (Å²) in [6.07, 6.45) is 0.407. The van der Waals surface area contributed by atoms with Crippen LogP contribution in [0.15, 0.2) is 12.1 Å². The van der Waals surface area contributed by atoms with E-state index in [0.717, 1.165) is 6.42 Å². The molecule has 0 radical (unpaired) electrons. The van der Waals surface area contributed by atoms with Crippen LogP contribution in [0.5, 0.6) is 5.75 Å². The molecule has 2 aliphatic rings. The molecule has 0 unspecified atom stereocenters. The Morgan fingerprint density at radius 1 is 1.32 bits per heavy atom. The van der Waals surface area contributed by atoms with Crippen LogP contribution < -0.4 is 20.7 Å². The fourth-order valence-corrected chi connectivity index (χ4v) is 2.78. The summed E-state index contributed by atoms with van der Waals surface area (Å²) in [5, 5.41) is 8.18. The van der Waals surface area contributed by atoms with E-state index in [2.05, 4.69) is 16.0 Å². The summed E-state index contributed by atoms with van der Waals surface area (Å²) < 4.78 is 10.2. The average Bonchev–Trinajstić information content (AvgIpc) is 2.56. The van der Waals surface area contributed by atoms with Gasteiger partial charge in [-0.25, -0.2) is 9.59 Å². The Labute approximate surface area is 148 Å². The highest BCUT2D eigenvalue weighted by Crippen LogP contribution is 2.38. The maximum absolute atomic E-state index is 12.0. The summed E-state index contributed by atoms with van der Waals surface area (Å²) in [6.45, 7) is 1.59. The van der Waals surface area contributed by atoms with E-state index in [9.17, 15) is 14.4 Å². The number of fused-ring (bicyclic) bond motifs is 1. The Kier molecular flexibility index (Phi) is 5.13. The van der Waals surface area contributed by atoms with Crippen LogP contribution in [0.25, 0.3) is 0 Å². The molecule has 3 rings (SSSR count).